The number of aromatic nitrogens is 1. The Bertz CT molecular complexity index is 440. The van der Waals surface area contributed by atoms with Crippen LogP contribution in [-0.2, 0) is 11.2 Å². The summed E-state index contributed by atoms with van der Waals surface area (Å²) in [7, 11) is 0. The Morgan fingerprint density at radius 1 is 1.63 bits per heavy atom. The average molecular weight is 300 g/mol. The SMILES string of the molecule is CC(C)c1nc(CC(=O)NCC2(O)CCSC2)cs1. The molecule has 1 unspecified atom stereocenters. The van der Waals surface area contributed by atoms with Gasteiger partial charge in [-0.1, -0.05) is 13.8 Å². The molecule has 0 saturated carbocycles. The van der Waals surface area contributed by atoms with Gasteiger partial charge in [-0.25, -0.2) is 4.98 Å². The summed E-state index contributed by atoms with van der Waals surface area (Å²) in [6.45, 7) is 4.53. The van der Waals surface area contributed by atoms with Crippen LogP contribution in [0, 0.1) is 0 Å². The number of aliphatic hydroxyl groups is 1. The van der Waals surface area contributed by atoms with E-state index in [0.717, 1.165) is 22.9 Å². The number of rotatable bonds is 5. The Morgan fingerprint density at radius 3 is 3.00 bits per heavy atom. The van der Waals surface area contributed by atoms with Crippen molar-refractivity contribution in [1.82, 2.24) is 10.3 Å². The van der Waals surface area contributed by atoms with Crippen molar-refractivity contribution in [3.8, 4) is 0 Å². The normalized spacial score (nSPS) is 22.9. The molecule has 1 aliphatic heterocycles. The summed E-state index contributed by atoms with van der Waals surface area (Å²) in [5.74, 6) is 2.02. The molecular weight excluding hydrogens is 280 g/mol. The van der Waals surface area contributed by atoms with E-state index in [2.05, 4.69) is 24.1 Å². The first kappa shape index (κ1) is 14.8. The Morgan fingerprint density at radius 2 is 2.42 bits per heavy atom. The fraction of sp³-hybridized carbons (Fsp3) is 0.692. The zero-order valence-electron chi connectivity index (χ0n) is 11.3. The number of hydrogen-bond acceptors (Lipinski definition) is 5. The first-order valence-electron chi connectivity index (χ1n) is 6.50. The van der Waals surface area contributed by atoms with Crippen molar-refractivity contribution < 1.29 is 9.90 Å². The summed E-state index contributed by atoms with van der Waals surface area (Å²) in [5.41, 5.74) is 0.102. The number of thiazole rings is 1. The highest BCUT2D eigenvalue weighted by molar-refractivity contribution is 7.99. The quantitative estimate of drug-likeness (QED) is 0.870. The van der Waals surface area contributed by atoms with Gasteiger partial charge in [0.1, 0.15) is 0 Å². The molecule has 1 fully saturated rings. The van der Waals surface area contributed by atoms with E-state index in [4.69, 9.17) is 0 Å². The molecule has 2 N–H and O–H groups in total. The minimum absolute atomic E-state index is 0.0640. The van der Waals surface area contributed by atoms with Crippen LogP contribution in [0.1, 0.15) is 36.9 Å². The third kappa shape index (κ3) is 4.19. The summed E-state index contributed by atoms with van der Waals surface area (Å²) >= 11 is 3.33. The summed E-state index contributed by atoms with van der Waals surface area (Å²) in [6, 6.07) is 0. The van der Waals surface area contributed by atoms with Crippen LogP contribution >= 0.6 is 23.1 Å². The van der Waals surface area contributed by atoms with Gasteiger partial charge in [-0.05, 0) is 12.2 Å². The van der Waals surface area contributed by atoms with E-state index in [1.165, 1.54) is 0 Å². The fourth-order valence-corrected chi connectivity index (χ4v) is 4.02. The molecule has 0 radical (unpaired) electrons. The second-order valence-electron chi connectivity index (χ2n) is 5.31. The monoisotopic (exact) mass is 300 g/mol. The lowest BCUT2D eigenvalue weighted by Gasteiger charge is -2.21. The Hall–Kier alpha value is -0.590. The van der Waals surface area contributed by atoms with Gasteiger partial charge in [0, 0.05) is 23.6 Å². The number of carbonyl (C=O) groups is 1. The molecule has 1 atom stereocenters. The standard InChI is InChI=1S/C13H20N2O2S2/c1-9(2)12-15-10(6-19-12)5-11(16)14-7-13(17)3-4-18-8-13/h6,9,17H,3-5,7-8H2,1-2H3,(H,14,16). The molecule has 0 aromatic carbocycles. The van der Waals surface area contributed by atoms with E-state index in [9.17, 15) is 9.90 Å². The molecular formula is C13H20N2O2S2. The van der Waals surface area contributed by atoms with Crippen LogP contribution in [0.2, 0.25) is 0 Å². The zero-order valence-corrected chi connectivity index (χ0v) is 12.9. The number of hydrogen-bond donors (Lipinski definition) is 2. The summed E-state index contributed by atoms with van der Waals surface area (Å²) < 4.78 is 0. The minimum Gasteiger partial charge on any atom is -0.387 e. The largest absolute Gasteiger partial charge is 0.387 e. The van der Waals surface area contributed by atoms with Crippen molar-refractivity contribution in [1.29, 1.82) is 0 Å². The van der Waals surface area contributed by atoms with Crippen molar-refractivity contribution in [3.05, 3.63) is 16.1 Å². The third-order valence-corrected chi connectivity index (χ3v) is 5.53. The molecule has 106 valence electrons. The maximum atomic E-state index is 11.8. The van der Waals surface area contributed by atoms with Gasteiger partial charge in [0.25, 0.3) is 0 Å². The van der Waals surface area contributed by atoms with Crippen LogP contribution in [0.25, 0.3) is 0 Å². The van der Waals surface area contributed by atoms with Gasteiger partial charge in [-0.2, -0.15) is 11.8 Å². The average Bonchev–Trinajstić information content (AvgIpc) is 2.97. The Balaban J connectivity index is 1.80. The van der Waals surface area contributed by atoms with Crippen molar-refractivity contribution in [2.24, 2.45) is 0 Å². The van der Waals surface area contributed by atoms with Gasteiger partial charge < -0.3 is 10.4 Å². The van der Waals surface area contributed by atoms with Gasteiger partial charge in [-0.15, -0.1) is 11.3 Å². The molecule has 19 heavy (non-hydrogen) atoms. The lowest BCUT2D eigenvalue weighted by Crippen LogP contribution is -2.43. The van der Waals surface area contributed by atoms with Crippen LogP contribution in [0.15, 0.2) is 5.38 Å². The van der Waals surface area contributed by atoms with E-state index >= 15 is 0 Å². The molecule has 1 aromatic rings. The number of nitrogens with one attached hydrogen (secondary N) is 1. The van der Waals surface area contributed by atoms with E-state index in [1.807, 2.05) is 5.38 Å². The number of carbonyl (C=O) groups excluding carboxylic acids is 1. The molecule has 2 rings (SSSR count). The van der Waals surface area contributed by atoms with Crippen molar-refractivity contribution in [2.45, 2.75) is 38.2 Å². The van der Waals surface area contributed by atoms with Crippen LogP contribution in [0.3, 0.4) is 0 Å². The third-order valence-electron chi connectivity index (χ3n) is 3.10. The molecule has 4 nitrogen and oxygen atoms in total. The lowest BCUT2D eigenvalue weighted by molar-refractivity contribution is -0.121. The maximum absolute atomic E-state index is 11.8. The number of amides is 1. The summed E-state index contributed by atoms with van der Waals surface area (Å²) in [5, 5.41) is 16.0. The first-order valence-corrected chi connectivity index (χ1v) is 8.53. The molecule has 2 heterocycles. The highest BCUT2D eigenvalue weighted by Gasteiger charge is 2.31. The summed E-state index contributed by atoms with van der Waals surface area (Å²) in [4.78, 5) is 16.3. The van der Waals surface area contributed by atoms with Crippen LogP contribution < -0.4 is 5.32 Å². The molecule has 6 heteroatoms. The zero-order chi connectivity index (χ0) is 13.9. The molecule has 0 spiro atoms. The molecule has 1 aliphatic rings. The maximum Gasteiger partial charge on any atom is 0.226 e. The molecule has 1 aromatic heterocycles. The molecule has 1 amide bonds. The van der Waals surface area contributed by atoms with Crippen LogP contribution in [0.5, 0.6) is 0 Å². The van der Waals surface area contributed by atoms with E-state index < -0.39 is 5.60 Å². The topological polar surface area (TPSA) is 62.2 Å². The van der Waals surface area contributed by atoms with Gasteiger partial charge >= 0.3 is 0 Å². The predicted molar refractivity (Wildman–Crippen MR) is 79.8 cm³/mol. The molecule has 0 aliphatic carbocycles. The Kier molecular flexibility index (Phi) is 4.86. The van der Waals surface area contributed by atoms with Gasteiger partial charge in [-0.3, -0.25) is 4.79 Å². The lowest BCUT2D eigenvalue weighted by atomic mass is 10.0. The van der Waals surface area contributed by atoms with Crippen molar-refractivity contribution in [2.75, 3.05) is 18.1 Å². The second kappa shape index (κ2) is 6.24. The summed E-state index contributed by atoms with van der Waals surface area (Å²) in [6.07, 6.45) is 1.05. The van der Waals surface area contributed by atoms with Gasteiger partial charge in [0.05, 0.1) is 22.7 Å². The van der Waals surface area contributed by atoms with Crippen LogP contribution in [0.4, 0.5) is 0 Å². The fourth-order valence-electron chi connectivity index (χ4n) is 1.90. The number of thioether (sulfide) groups is 1. The highest BCUT2D eigenvalue weighted by atomic mass is 32.2. The second-order valence-corrected chi connectivity index (χ2v) is 7.31. The Labute approximate surface area is 122 Å². The smallest absolute Gasteiger partial charge is 0.226 e. The van der Waals surface area contributed by atoms with Gasteiger partial charge in [0.2, 0.25) is 5.91 Å². The minimum atomic E-state index is -0.717. The van der Waals surface area contributed by atoms with Crippen molar-refractivity contribution in [3.63, 3.8) is 0 Å². The van der Waals surface area contributed by atoms with Gasteiger partial charge in [0.15, 0.2) is 0 Å². The molecule has 0 bridgehead atoms. The number of nitrogens with zero attached hydrogens (tertiary/aromatic N) is 1. The van der Waals surface area contributed by atoms with E-state index in [1.54, 1.807) is 23.1 Å². The van der Waals surface area contributed by atoms with Crippen LogP contribution in [-0.4, -0.2) is 39.6 Å². The predicted octanol–water partition coefficient (Wildman–Crippen LogP) is 1.79. The first-order chi connectivity index (χ1) is 8.98. The van der Waals surface area contributed by atoms with Crippen molar-refractivity contribution >= 4 is 29.0 Å². The van der Waals surface area contributed by atoms with E-state index in [-0.39, 0.29) is 5.91 Å². The van der Waals surface area contributed by atoms with E-state index in [0.29, 0.717) is 24.6 Å². The highest BCUT2D eigenvalue weighted by Crippen LogP contribution is 2.27. The molecule has 1 saturated heterocycles.